The molecule has 1 rings (SSSR count). The highest BCUT2D eigenvalue weighted by molar-refractivity contribution is 8.15. The van der Waals surface area contributed by atoms with Crippen LogP contribution in [0.3, 0.4) is 0 Å². The highest BCUT2D eigenvalue weighted by Gasteiger charge is 2.11. The molecule has 2 nitrogen and oxygen atoms in total. The van der Waals surface area contributed by atoms with E-state index in [9.17, 15) is 0 Å². The standard InChI is InChI=1S/C5H14N2S/c6-5-2-1-3-8(7)4-5/h5,8H,1-4,6-7H2. The smallest absolute Gasteiger partial charge is 0.0124 e. The van der Waals surface area contributed by atoms with Crippen LogP contribution in [0.15, 0.2) is 0 Å². The van der Waals surface area contributed by atoms with Crippen molar-refractivity contribution in [1.29, 1.82) is 0 Å². The molecule has 8 heavy (non-hydrogen) atoms. The molecule has 0 aromatic heterocycles. The highest BCUT2D eigenvalue weighted by atomic mass is 32.2. The molecule has 0 aliphatic carbocycles. The monoisotopic (exact) mass is 134 g/mol. The maximum atomic E-state index is 5.71. The molecule has 1 fully saturated rings. The van der Waals surface area contributed by atoms with Crippen LogP contribution in [0.25, 0.3) is 0 Å². The van der Waals surface area contributed by atoms with Gasteiger partial charge in [0.15, 0.2) is 0 Å². The van der Waals surface area contributed by atoms with E-state index in [1.165, 1.54) is 18.6 Å². The predicted molar refractivity (Wildman–Crippen MR) is 40.1 cm³/mol. The summed E-state index contributed by atoms with van der Waals surface area (Å²) in [6.07, 6.45) is 2.44. The van der Waals surface area contributed by atoms with E-state index in [0.717, 1.165) is 5.75 Å². The Morgan fingerprint density at radius 1 is 1.50 bits per heavy atom. The first-order valence-corrected chi connectivity index (χ1v) is 4.82. The van der Waals surface area contributed by atoms with Crippen LogP contribution in [0.1, 0.15) is 12.8 Å². The number of hydrogen-bond donors (Lipinski definition) is 3. The van der Waals surface area contributed by atoms with E-state index >= 15 is 0 Å². The maximum Gasteiger partial charge on any atom is 0.0124 e. The van der Waals surface area contributed by atoms with Gasteiger partial charge in [-0.15, -0.1) is 0 Å². The molecule has 0 saturated carbocycles. The molecule has 0 bridgehead atoms. The molecule has 4 N–H and O–H groups in total. The van der Waals surface area contributed by atoms with E-state index in [2.05, 4.69) is 0 Å². The molecule has 1 heterocycles. The second-order valence-corrected chi connectivity index (χ2v) is 4.39. The van der Waals surface area contributed by atoms with Gasteiger partial charge in [-0.3, -0.25) is 5.14 Å². The van der Waals surface area contributed by atoms with Gasteiger partial charge in [-0.2, -0.15) is 0 Å². The molecular formula is C5H14N2S. The summed E-state index contributed by atoms with van der Waals surface area (Å²) in [5.74, 6) is 2.33. The topological polar surface area (TPSA) is 52.0 Å². The lowest BCUT2D eigenvalue weighted by molar-refractivity contribution is 0.644. The Balaban J connectivity index is 2.23. The molecule has 3 heteroatoms. The van der Waals surface area contributed by atoms with Gasteiger partial charge < -0.3 is 5.73 Å². The summed E-state index contributed by atoms with van der Waals surface area (Å²) in [5.41, 5.74) is 5.66. The van der Waals surface area contributed by atoms with Crippen LogP contribution in [-0.2, 0) is 0 Å². The van der Waals surface area contributed by atoms with Crippen molar-refractivity contribution in [2.75, 3.05) is 11.5 Å². The van der Waals surface area contributed by atoms with E-state index in [1.807, 2.05) is 0 Å². The van der Waals surface area contributed by atoms with Gasteiger partial charge in [0.2, 0.25) is 0 Å². The van der Waals surface area contributed by atoms with Gasteiger partial charge in [0.1, 0.15) is 0 Å². The molecular weight excluding hydrogens is 120 g/mol. The zero-order valence-corrected chi connectivity index (χ0v) is 5.90. The predicted octanol–water partition coefficient (Wildman–Crippen LogP) is -0.0176. The highest BCUT2D eigenvalue weighted by Crippen LogP contribution is 2.24. The molecule has 2 unspecified atom stereocenters. The summed E-state index contributed by atoms with van der Waals surface area (Å²) in [6, 6.07) is 0.417. The fourth-order valence-electron chi connectivity index (χ4n) is 1.04. The summed E-state index contributed by atoms with van der Waals surface area (Å²) in [6.45, 7) is 0. The first-order valence-electron chi connectivity index (χ1n) is 3.04. The number of thiol groups is 1. The van der Waals surface area contributed by atoms with Crippen molar-refractivity contribution in [3.05, 3.63) is 0 Å². The second kappa shape index (κ2) is 2.71. The van der Waals surface area contributed by atoms with E-state index < -0.39 is 0 Å². The quantitative estimate of drug-likeness (QED) is 0.408. The average molecular weight is 134 g/mol. The van der Waals surface area contributed by atoms with E-state index in [0.29, 0.717) is 6.04 Å². The lowest BCUT2D eigenvalue weighted by Crippen LogP contribution is -2.30. The number of nitrogens with two attached hydrogens (primary N) is 2. The Morgan fingerprint density at radius 3 is 2.62 bits per heavy atom. The third kappa shape index (κ3) is 1.65. The van der Waals surface area contributed by atoms with Crippen molar-refractivity contribution in [2.45, 2.75) is 18.9 Å². The SMILES string of the molecule is NC1CCC[SH](N)C1. The Labute approximate surface area is 53.1 Å². The molecule has 0 aromatic rings. The molecule has 1 aliphatic rings. The average Bonchev–Trinajstić information content (AvgIpc) is 1.64. The van der Waals surface area contributed by atoms with Crippen molar-refractivity contribution in [2.24, 2.45) is 10.9 Å². The van der Waals surface area contributed by atoms with E-state index in [4.69, 9.17) is 10.9 Å². The summed E-state index contributed by atoms with van der Waals surface area (Å²) >= 11 is -0.156. The summed E-state index contributed by atoms with van der Waals surface area (Å²) in [5, 5.41) is 5.71. The van der Waals surface area contributed by atoms with Crippen molar-refractivity contribution in [3.8, 4) is 0 Å². The molecule has 1 saturated heterocycles. The third-order valence-electron chi connectivity index (χ3n) is 1.49. The molecule has 0 aromatic carbocycles. The van der Waals surface area contributed by atoms with Crippen LogP contribution in [0.4, 0.5) is 0 Å². The first kappa shape index (κ1) is 6.39. The van der Waals surface area contributed by atoms with Gasteiger partial charge >= 0.3 is 0 Å². The van der Waals surface area contributed by atoms with Gasteiger partial charge in [0, 0.05) is 11.8 Å². The molecule has 0 radical (unpaired) electrons. The van der Waals surface area contributed by atoms with Gasteiger partial charge in [0.05, 0.1) is 0 Å². The largest absolute Gasteiger partial charge is 0.327 e. The normalized spacial score (nSPS) is 44.2. The van der Waals surface area contributed by atoms with Crippen LogP contribution < -0.4 is 10.9 Å². The molecule has 0 amide bonds. The van der Waals surface area contributed by atoms with Crippen LogP contribution in [0.5, 0.6) is 0 Å². The van der Waals surface area contributed by atoms with Crippen LogP contribution in [-0.4, -0.2) is 17.5 Å². The minimum absolute atomic E-state index is 0.156. The van der Waals surface area contributed by atoms with Crippen molar-refractivity contribution < 1.29 is 0 Å². The minimum Gasteiger partial charge on any atom is -0.327 e. The third-order valence-corrected chi connectivity index (χ3v) is 3.32. The Bertz CT molecular complexity index is 68.8. The zero-order chi connectivity index (χ0) is 5.98. The van der Waals surface area contributed by atoms with Crippen molar-refractivity contribution >= 4 is 11.1 Å². The minimum atomic E-state index is -0.156. The summed E-state index contributed by atoms with van der Waals surface area (Å²) in [7, 11) is 0. The summed E-state index contributed by atoms with van der Waals surface area (Å²) < 4.78 is 0. The van der Waals surface area contributed by atoms with Gasteiger partial charge in [0.25, 0.3) is 0 Å². The lowest BCUT2D eigenvalue weighted by Gasteiger charge is -2.26. The number of hydrogen-bond acceptors (Lipinski definition) is 2. The van der Waals surface area contributed by atoms with Crippen LogP contribution in [0, 0.1) is 0 Å². The van der Waals surface area contributed by atoms with Gasteiger partial charge in [-0.1, -0.05) is 0 Å². The lowest BCUT2D eigenvalue weighted by atomic mass is 10.2. The van der Waals surface area contributed by atoms with Crippen LogP contribution >= 0.6 is 11.1 Å². The Kier molecular flexibility index (Phi) is 2.16. The molecule has 2 atom stereocenters. The van der Waals surface area contributed by atoms with E-state index in [-0.39, 0.29) is 11.1 Å². The molecule has 1 aliphatic heterocycles. The van der Waals surface area contributed by atoms with Gasteiger partial charge in [-0.25, -0.2) is 11.1 Å². The molecule has 50 valence electrons. The van der Waals surface area contributed by atoms with Gasteiger partial charge in [-0.05, 0) is 18.6 Å². The van der Waals surface area contributed by atoms with Crippen molar-refractivity contribution in [3.63, 3.8) is 0 Å². The Hall–Kier alpha value is 0.270. The number of rotatable bonds is 0. The fourth-order valence-corrected chi connectivity index (χ4v) is 2.60. The van der Waals surface area contributed by atoms with E-state index in [1.54, 1.807) is 0 Å². The first-order chi connectivity index (χ1) is 3.79. The molecule has 0 spiro atoms. The fraction of sp³-hybridized carbons (Fsp3) is 1.00. The second-order valence-electron chi connectivity index (χ2n) is 2.40. The zero-order valence-electron chi connectivity index (χ0n) is 5.01. The van der Waals surface area contributed by atoms with Crippen molar-refractivity contribution in [1.82, 2.24) is 0 Å². The van der Waals surface area contributed by atoms with Crippen LogP contribution in [0.2, 0.25) is 0 Å². The summed E-state index contributed by atoms with van der Waals surface area (Å²) in [4.78, 5) is 0. The maximum absolute atomic E-state index is 5.71. The Morgan fingerprint density at radius 2 is 2.25 bits per heavy atom.